The molecule has 0 radical (unpaired) electrons. The zero-order valence-electron chi connectivity index (χ0n) is 22.9. The second-order valence-electron chi connectivity index (χ2n) is 9.80. The molecule has 0 bridgehead atoms. The summed E-state index contributed by atoms with van der Waals surface area (Å²) in [6.45, 7) is 2.01. The van der Waals surface area contributed by atoms with Crippen LogP contribution in [0.3, 0.4) is 0 Å². The molecule has 38 heavy (non-hydrogen) atoms. The summed E-state index contributed by atoms with van der Waals surface area (Å²) in [6.07, 6.45) is 16.3. The molecule has 11 nitrogen and oxygen atoms in total. The predicted molar refractivity (Wildman–Crippen MR) is 144 cm³/mol. The summed E-state index contributed by atoms with van der Waals surface area (Å²) in [5, 5.41) is 19.6. The van der Waals surface area contributed by atoms with Crippen LogP contribution in [0.15, 0.2) is 0 Å². The number of hydrogen-bond acceptors (Lipinski definition) is 6. The Hall–Kier alpha value is -2.21. The third-order valence-electron chi connectivity index (χ3n) is 6.35. The average Bonchev–Trinajstić information content (AvgIpc) is 2.83. The Morgan fingerprint density at radius 2 is 1.13 bits per heavy atom. The van der Waals surface area contributed by atoms with Gasteiger partial charge in [-0.2, -0.15) is 8.42 Å². The van der Waals surface area contributed by atoms with Gasteiger partial charge >= 0.3 is 22.2 Å². The van der Waals surface area contributed by atoms with Crippen molar-refractivity contribution in [2.24, 2.45) is 0 Å². The normalized spacial score (nSPS) is 12.2. The molecule has 0 aromatic rings. The van der Waals surface area contributed by atoms with Gasteiger partial charge in [-0.3, -0.25) is 18.9 Å². The Balaban J connectivity index is 4.06. The lowest BCUT2D eigenvalue weighted by Gasteiger charge is -2.19. The molecule has 1 atom stereocenters. The quantitative estimate of drug-likeness (QED) is 0.0903. The van der Waals surface area contributed by atoms with Crippen molar-refractivity contribution in [3.05, 3.63) is 0 Å². The second kappa shape index (κ2) is 21.7. The van der Waals surface area contributed by atoms with Crippen LogP contribution >= 0.6 is 0 Å². The molecule has 0 fully saturated rings. The summed E-state index contributed by atoms with van der Waals surface area (Å²) in [5.41, 5.74) is 0. The monoisotopic (exact) mass is 564 g/mol. The van der Waals surface area contributed by atoms with Crippen LogP contribution in [0.5, 0.6) is 0 Å². The number of nitrogens with one attached hydrogen (secondary N) is 1. The molecule has 0 rings (SSSR count). The number of carbonyl (C=O) groups is 4. The predicted octanol–water partition coefficient (Wildman–Crippen LogP) is 4.70. The topological polar surface area (TPSA) is 178 Å². The Kier molecular flexibility index (Phi) is 20.4. The molecule has 0 aromatic carbocycles. The standard InChI is InChI=1S/C26H48N2O9S/c1-2-3-4-5-6-7-8-9-10-11-12-13-14-15-16-17-20-28(38(35,36)37)24(30)19-18-23(29)27-22(26(33)34)21-25(31)32/h22H,2-21H2,1H3,(H,27,29)(H,31,32)(H,33,34)(H,35,36,37). The van der Waals surface area contributed by atoms with E-state index in [-0.39, 0.29) is 6.54 Å². The zero-order chi connectivity index (χ0) is 28.8. The first kappa shape index (κ1) is 35.8. The van der Waals surface area contributed by atoms with Gasteiger partial charge in [0, 0.05) is 19.4 Å². The molecule has 2 amide bonds. The van der Waals surface area contributed by atoms with E-state index >= 15 is 0 Å². The number of carboxylic acids is 2. The highest BCUT2D eigenvalue weighted by atomic mass is 32.2. The molecule has 0 aliphatic heterocycles. The van der Waals surface area contributed by atoms with E-state index in [1.807, 2.05) is 5.32 Å². The summed E-state index contributed by atoms with van der Waals surface area (Å²) in [6, 6.07) is -1.67. The Labute approximate surface area is 227 Å². The van der Waals surface area contributed by atoms with Gasteiger partial charge in [0.2, 0.25) is 11.8 Å². The lowest BCUT2D eigenvalue weighted by Crippen LogP contribution is -2.43. The first-order chi connectivity index (χ1) is 18.0. The van der Waals surface area contributed by atoms with Gasteiger partial charge in [-0.1, -0.05) is 103 Å². The first-order valence-electron chi connectivity index (χ1n) is 14.0. The minimum Gasteiger partial charge on any atom is -0.481 e. The molecule has 0 heterocycles. The highest BCUT2D eigenvalue weighted by Gasteiger charge is 2.27. The van der Waals surface area contributed by atoms with E-state index in [4.69, 9.17) is 10.2 Å². The van der Waals surface area contributed by atoms with Gasteiger partial charge in [0.1, 0.15) is 6.04 Å². The Bertz CT molecular complexity index is 803. The van der Waals surface area contributed by atoms with E-state index in [9.17, 15) is 32.1 Å². The number of carboxylic acid groups (broad SMARTS) is 2. The summed E-state index contributed by atoms with van der Waals surface area (Å²) in [4.78, 5) is 45.9. The van der Waals surface area contributed by atoms with Gasteiger partial charge in [0.05, 0.1) is 6.42 Å². The maximum Gasteiger partial charge on any atom is 0.362 e. The molecular formula is C26H48N2O9S. The lowest BCUT2D eigenvalue weighted by atomic mass is 10.0. The molecular weight excluding hydrogens is 516 g/mol. The molecule has 0 spiro atoms. The van der Waals surface area contributed by atoms with Crippen molar-refractivity contribution >= 4 is 34.1 Å². The largest absolute Gasteiger partial charge is 0.481 e. The average molecular weight is 565 g/mol. The molecule has 0 aromatic heterocycles. The smallest absolute Gasteiger partial charge is 0.362 e. The van der Waals surface area contributed by atoms with Crippen LogP contribution in [-0.2, 0) is 29.5 Å². The SMILES string of the molecule is CCCCCCCCCCCCCCCCCCN(C(=O)CCC(=O)NC(CC(=O)O)C(=O)O)S(=O)(=O)O. The van der Waals surface area contributed by atoms with Crippen LogP contribution in [0.1, 0.15) is 129 Å². The van der Waals surface area contributed by atoms with Crippen molar-refractivity contribution in [2.45, 2.75) is 135 Å². The van der Waals surface area contributed by atoms with Gasteiger partial charge < -0.3 is 15.5 Å². The van der Waals surface area contributed by atoms with E-state index in [1.165, 1.54) is 70.6 Å². The number of unbranched alkanes of at least 4 members (excludes halogenated alkanes) is 15. The van der Waals surface area contributed by atoms with Crippen molar-refractivity contribution in [3.63, 3.8) is 0 Å². The van der Waals surface area contributed by atoms with Crippen LogP contribution in [-0.4, -0.2) is 63.8 Å². The minimum atomic E-state index is -4.80. The van der Waals surface area contributed by atoms with Gasteiger partial charge in [-0.05, 0) is 6.42 Å². The van der Waals surface area contributed by atoms with Gasteiger partial charge in [0.25, 0.3) is 0 Å². The lowest BCUT2D eigenvalue weighted by molar-refractivity contribution is -0.147. The fraction of sp³-hybridized carbons (Fsp3) is 0.846. The summed E-state index contributed by atoms with van der Waals surface area (Å²) in [7, 11) is -4.80. The highest BCUT2D eigenvalue weighted by Crippen LogP contribution is 2.14. The third kappa shape index (κ3) is 19.8. The van der Waals surface area contributed by atoms with Crippen molar-refractivity contribution in [3.8, 4) is 0 Å². The minimum absolute atomic E-state index is 0.214. The van der Waals surface area contributed by atoms with E-state index in [1.54, 1.807) is 0 Å². The van der Waals surface area contributed by atoms with Gasteiger partial charge in [0.15, 0.2) is 0 Å². The van der Waals surface area contributed by atoms with Crippen molar-refractivity contribution in [1.82, 2.24) is 9.62 Å². The zero-order valence-corrected chi connectivity index (χ0v) is 23.7. The molecule has 1 unspecified atom stereocenters. The summed E-state index contributed by atoms with van der Waals surface area (Å²) in [5.74, 6) is -4.88. The Morgan fingerprint density at radius 3 is 1.50 bits per heavy atom. The molecule has 4 N–H and O–H groups in total. The first-order valence-corrected chi connectivity index (χ1v) is 15.4. The van der Waals surface area contributed by atoms with E-state index in [0.717, 1.165) is 19.3 Å². The summed E-state index contributed by atoms with van der Waals surface area (Å²) >= 11 is 0. The van der Waals surface area contributed by atoms with Crippen LogP contribution in [0.25, 0.3) is 0 Å². The fourth-order valence-electron chi connectivity index (χ4n) is 4.16. The van der Waals surface area contributed by atoms with Gasteiger partial charge in [-0.25, -0.2) is 9.10 Å². The number of rotatable bonds is 25. The van der Waals surface area contributed by atoms with Crippen molar-refractivity contribution in [2.75, 3.05) is 6.54 Å². The molecule has 0 saturated carbocycles. The van der Waals surface area contributed by atoms with E-state index in [2.05, 4.69) is 6.92 Å². The number of carbonyl (C=O) groups excluding carboxylic acids is 2. The molecule has 222 valence electrons. The van der Waals surface area contributed by atoms with Crippen molar-refractivity contribution in [1.29, 1.82) is 0 Å². The van der Waals surface area contributed by atoms with Crippen LogP contribution in [0.2, 0.25) is 0 Å². The number of amides is 2. The number of hydrogen-bond donors (Lipinski definition) is 4. The molecule has 0 aliphatic carbocycles. The molecule has 0 saturated heterocycles. The van der Waals surface area contributed by atoms with E-state index < -0.39 is 59.4 Å². The maximum absolute atomic E-state index is 12.3. The van der Waals surface area contributed by atoms with Crippen LogP contribution < -0.4 is 5.32 Å². The summed E-state index contributed by atoms with van der Waals surface area (Å²) < 4.78 is 32.9. The second-order valence-corrected chi connectivity index (χ2v) is 11.1. The van der Waals surface area contributed by atoms with Crippen LogP contribution in [0.4, 0.5) is 0 Å². The highest BCUT2D eigenvalue weighted by molar-refractivity contribution is 7.84. The maximum atomic E-state index is 12.3. The molecule has 12 heteroatoms. The fourth-order valence-corrected chi connectivity index (χ4v) is 4.87. The van der Waals surface area contributed by atoms with Gasteiger partial charge in [-0.15, -0.1) is 0 Å². The molecule has 0 aliphatic rings. The Morgan fingerprint density at radius 1 is 0.711 bits per heavy atom. The number of nitrogens with zero attached hydrogens (tertiary/aromatic N) is 1. The van der Waals surface area contributed by atoms with E-state index in [0.29, 0.717) is 17.1 Å². The van der Waals surface area contributed by atoms with Crippen LogP contribution in [0, 0.1) is 0 Å². The van der Waals surface area contributed by atoms with Crippen molar-refractivity contribution < 1.29 is 42.4 Å². The third-order valence-corrected chi connectivity index (χ3v) is 7.29. The number of aliphatic carboxylic acids is 2.